The Morgan fingerprint density at radius 2 is 2.31 bits per heavy atom. The standard InChI is InChI=1S/C12H16FNO2/c1-8-7-16-12(6-14-8)9-3-4-11(15-2)10(13)5-9/h3-5,8,12,14H,6-7H2,1-2H3. The zero-order chi connectivity index (χ0) is 11.5. The summed E-state index contributed by atoms with van der Waals surface area (Å²) in [4.78, 5) is 0. The molecule has 0 radical (unpaired) electrons. The van der Waals surface area contributed by atoms with Crippen LogP contribution in [-0.2, 0) is 4.74 Å². The Hall–Kier alpha value is -1.13. The van der Waals surface area contributed by atoms with Crippen molar-refractivity contribution in [2.24, 2.45) is 0 Å². The Morgan fingerprint density at radius 3 is 2.88 bits per heavy atom. The first-order valence-corrected chi connectivity index (χ1v) is 5.39. The van der Waals surface area contributed by atoms with Gasteiger partial charge in [-0.2, -0.15) is 0 Å². The Balaban J connectivity index is 2.12. The monoisotopic (exact) mass is 225 g/mol. The van der Waals surface area contributed by atoms with Crippen molar-refractivity contribution < 1.29 is 13.9 Å². The molecule has 0 aromatic heterocycles. The average molecular weight is 225 g/mol. The van der Waals surface area contributed by atoms with Crippen LogP contribution in [0.25, 0.3) is 0 Å². The SMILES string of the molecule is COc1ccc(C2CNC(C)CO2)cc1F. The molecule has 2 atom stereocenters. The molecule has 1 aliphatic heterocycles. The second-order valence-electron chi connectivity index (χ2n) is 4.03. The molecule has 1 aliphatic rings. The molecule has 1 heterocycles. The Labute approximate surface area is 94.6 Å². The smallest absolute Gasteiger partial charge is 0.165 e. The van der Waals surface area contributed by atoms with Crippen LogP contribution in [0.4, 0.5) is 4.39 Å². The lowest BCUT2D eigenvalue weighted by molar-refractivity contribution is 0.00676. The maximum absolute atomic E-state index is 13.5. The third kappa shape index (κ3) is 2.33. The highest BCUT2D eigenvalue weighted by molar-refractivity contribution is 5.30. The van der Waals surface area contributed by atoms with Crippen molar-refractivity contribution in [1.29, 1.82) is 0 Å². The first-order chi connectivity index (χ1) is 7.70. The number of nitrogens with one attached hydrogen (secondary N) is 1. The number of hydrogen-bond acceptors (Lipinski definition) is 3. The number of morpholine rings is 1. The highest BCUT2D eigenvalue weighted by atomic mass is 19.1. The highest BCUT2D eigenvalue weighted by Gasteiger charge is 2.20. The van der Waals surface area contributed by atoms with Crippen LogP contribution < -0.4 is 10.1 Å². The summed E-state index contributed by atoms with van der Waals surface area (Å²) in [7, 11) is 1.46. The van der Waals surface area contributed by atoms with Crippen LogP contribution in [0.2, 0.25) is 0 Å². The largest absolute Gasteiger partial charge is 0.494 e. The maximum Gasteiger partial charge on any atom is 0.165 e. The fourth-order valence-corrected chi connectivity index (χ4v) is 1.78. The van der Waals surface area contributed by atoms with Crippen LogP contribution in [0.15, 0.2) is 18.2 Å². The third-order valence-electron chi connectivity index (χ3n) is 2.75. The second kappa shape index (κ2) is 4.80. The minimum Gasteiger partial charge on any atom is -0.494 e. The molecule has 4 heteroatoms. The van der Waals surface area contributed by atoms with Gasteiger partial charge in [0.15, 0.2) is 11.6 Å². The van der Waals surface area contributed by atoms with E-state index in [1.54, 1.807) is 6.07 Å². The molecule has 2 unspecified atom stereocenters. The molecule has 1 N–H and O–H groups in total. The van der Waals surface area contributed by atoms with E-state index in [1.807, 2.05) is 6.07 Å². The Bertz CT molecular complexity index is 362. The van der Waals surface area contributed by atoms with E-state index in [0.29, 0.717) is 19.2 Å². The quantitative estimate of drug-likeness (QED) is 0.833. The molecule has 0 bridgehead atoms. The normalized spacial score (nSPS) is 25.4. The summed E-state index contributed by atoms with van der Waals surface area (Å²) in [6.45, 7) is 3.43. The van der Waals surface area contributed by atoms with Crippen LogP contribution in [0.1, 0.15) is 18.6 Å². The molecule has 0 spiro atoms. The molecule has 0 amide bonds. The van der Waals surface area contributed by atoms with Crippen molar-refractivity contribution >= 4 is 0 Å². The van der Waals surface area contributed by atoms with Crippen molar-refractivity contribution in [3.05, 3.63) is 29.6 Å². The van der Waals surface area contributed by atoms with Crippen molar-refractivity contribution in [2.45, 2.75) is 19.1 Å². The fourth-order valence-electron chi connectivity index (χ4n) is 1.78. The molecule has 1 fully saturated rings. The molecule has 0 aliphatic carbocycles. The van der Waals surface area contributed by atoms with Gasteiger partial charge in [-0.3, -0.25) is 0 Å². The zero-order valence-electron chi connectivity index (χ0n) is 9.50. The van der Waals surface area contributed by atoms with Crippen LogP contribution in [-0.4, -0.2) is 26.3 Å². The Kier molecular flexibility index (Phi) is 3.41. The molecular formula is C12H16FNO2. The molecule has 88 valence electrons. The highest BCUT2D eigenvalue weighted by Crippen LogP contribution is 2.25. The van der Waals surface area contributed by atoms with E-state index in [9.17, 15) is 4.39 Å². The number of ether oxygens (including phenoxy) is 2. The summed E-state index contributed by atoms with van der Waals surface area (Å²) in [6, 6.07) is 5.30. The predicted molar refractivity (Wildman–Crippen MR) is 59.1 cm³/mol. The molecule has 3 nitrogen and oxygen atoms in total. The van der Waals surface area contributed by atoms with Gasteiger partial charge in [0.1, 0.15) is 0 Å². The zero-order valence-corrected chi connectivity index (χ0v) is 9.50. The van der Waals surface area contributed by atoms with Gasteiger partial charge in [0.05, 0.1) is 19.8 Å². The van der Waals surface area contributed by atoms with Gasteiger partial charge in [-0.1, -0.05) is 6.07 Å². The van der Waals surface area contributed by atoms with E-state index in [4.69, 9.17) is 9.47 Å². The van der Waals surface area contributed by atoms with Crippen molar-refractivity contribution in [3.63, 3.8) is 0 Å². The third-order valence-corrected chi connectivity index (χ3v) is 2.75. The van der Waals surface area contributed by atoms with E-state index in [-0.39, 0.29) is 17.7 Å². The summed E-state index contributed by atoms with van der Waals surface area (Å²) in [5, 5.41) is 3.30. The van der Waals surface area contributed by atoms with Gasteiger partial charge in [-0.25, -0.2) is 4.39 Å². The first-order valence-electron chi connectivity index (χ1n) is 5.39. The lowest BCUT2D eigenvalue weighted by Crippen LogP contribution is -2.40. The number of halogens is 1. The van der Waals surface area contributed by atoms with Crippen LogP contribution >= 0.6 is 0 Å². The minimum atomic E-state index is -0.345. The van der Waals surface area contributed by atoms with Crippen molar-refractivity contribution in [1.82, 2.24) is 5.32 Å². The molecule has 0 saturated carbocycles. The average Bonchev–Trinajstić information content (AvgIpc) is 2.30. The fraction of sp³-hybridized carbons (Fsp3) is 0.500. The summed E-state index contributed by atoms with van der Waals surface area (Å²) in [5.74, 6) is -0.0805. The topological polar surface area (TPSA) is 30.5 Å². The Morgan fingerprint density at radius 1 is 1.50 bits per heavy atom. The molecule has 16 heavy (non-hydrogen) atoms. The number of methoxy groups -OCH3 is 1. The van der Waals surface area contributed by atoms with E-state index < -0.39 is 0 Å². The van der Waals surface area contributed by atoms with Crippen molar-refractivity contribution in [2.75, 3.05) is 20.3 Å². The molecule has 1 aromatic rings. The van der Waals surface area contributed by atoms with E-state index >= 15 is 0 Å². The van der Waals surface area contributed by atoms with Gasteiger partial charge in [0.25, 0.3) is 0 Å². The van der Waals surface area contributed by atoms with Gasteiger partial charge < -0.3 is 14.8 Å². The van der Waals surface area contributed by atoms with Crippen molar-refractivity contribution in [3.8, 4) is 5.75 Å². The van der Waals surface area contributed by atoms with E-state index in [1.165, 1.54) is 13.2 Å². The number of rotatable bonds is 2. The number of hydrogen-bond donors (Lipinski definition) is 1. The summed E-state index contributed by atoms with van der Waals surface area (Å²) < 4.78 is 24.0. The van der Waals surface area contributed by atoms with E-state index in [0.717, 1.165) is 5.56 Å². The minimum absolute atomic E-state index is 0.0726. The van der Waals surface area contributed by atoms with Gasteiger partial charge >= 0.3 is 0 Å². The number of benzene rings is 1. The summed E-state index contributed by atoms with van der Waals surface area (Å²) in [6.07, 6.45) is -0.0726. The van der Waals surface area contributed by atoms with Gasteiger partial charge in [0, 0.05) is 12.6 Å². The predicted octanol–water partition coefficient (Wildman–Crippen LogP) is 1.88. The molecule has 1 aromatic carbocycles. The lowest BCUT2D eigenvalue weighted by Gasteiger charge is -2.28. The molecular weight excluding hydrogens is 209 g/mol. The van der Waals surface area contributed by atoms with Gasteiger partial charge in [0.2, 0.25) is 0 Å². The lowest BCUT2D eigenvalue weighted by atomic mass is 10.1. The van der Waals surface area contributed by atoms with Crippen LogP contribution in [0.5, 0.6) is 5.75 Å². The van der Waals surface area contributed by atoms with Gasteiger partial charge in [-0.05, 0) is 24.6 Å². The van der Waals surface area contributed by atoms with E-state index in [2.05, 4.69) is 12.2 Å². The molecule has 1 saturated heterocycles. The summed E-state index contributed by atoms with van der Waals surface area (Å²) >= 11 is 0. The van der Waals surface area contributed by atoms with Gasteiger partial charge in [-0.15, -0.1) is 0 Å². The molecule has 2 rings (SSSR count). The van der Waals surface area contributed by atoms with Crippen LogP contribution in [0.3, 0.4) is 0 Å². The second-order valence-corrected chi connectivity index (χ2v) is 4.03. The van der Waals surface area contributed by atoms with Crippen LogP contribution in [0, 0.1) is 5.82 Å². The summed E-state index contributed by atoms with van der Waals surface area (Å²) in [5.41, 5.74) is 0.845. The maximum atomic E-state index is 13.5. The first kappa shape index (κ1) is 11.4.